The van der Waals surface area contributed by atoms with Crippen LogP contribution in [0.1, 0.15) is 5.56 Å². The molecule has 0 spiro atoms. The van der Waals surface area contributed by atoms with Crippen LogP contribution in [0.5, 0.6) is 5.75 Å². The highest BCUT2D eigenvalue weighted by molar-refractivity contribution is 7.98. The molecule has 0 saturated carbocycles. The van der Waals surface area contributed by atoms with E-state index in [0.29, 0.717) is 11.3 Å². The lowest BCUT2D eigenvalue weighted by Gasteiger charge is -2.13. The summed E-state index contributed by atoms with van der Waals surface area (Å²) in [7, 11) is 0. The van der Waals surface area contributed by atoms with Gasteiger partial charge in [-0.25, -0.2) is 9.59 Å². The van der Waals surface area contributed by atoms with Gasteiger partial charge in [0.25, 0.3) is 5.91 Å². The first-order valence-corrected chi connectivity index (χ1v) is 8.48. The van der Waals surface area contributed by atoms with E-state index >= 15 is 0 Å². The van der Waals surface area contributed by atoms with Gasteiger partial charge in [0.05, 0.1) is 0 Å². The van der Waals surface area contributed by atoms with Crippen LogP contribution in [0, 0.1) is 6.92 Å². The Balaban J connectivity index is 2.03. The number of benzene rings is 1. The zero-order chi connectivity index (χ0) is 17.7. The summed E-state index contributed by atoms with van der Waals surface area (Å²) in [4.78, 5) is 34.2. The van der Waals surface area contributed by atoms with Gasteiger partial charge in [-0.1, -0.05) is 0 Å². The molecule has 2 aromatic rings. The van der Waals surface area contributed by atoms with Crippen molar-refractivity contribution in [2.45, 2.75) is 13.0 Å². The molecule has 0 saturated heterocycles. The van der Waals surface area contributed by atoms with Gasteiger partial charge in [0.15, 0.2) is 6.61 Å². The highest BCUT2D eigenvalue weighted by Crippen LogP contribution is 2.22. The van der Waals surface area contributed by atoms with E-state index in [0.717, 1.165) is 10.9 Å². The van der Waals surface area contributed by atoms with Crippen LogP contribution in [0.3, 0.4) is 0 Å². The predicted molar refractivity (Wildman–Crippen MR) is 90.7 cm³/mol. The second-order valence-corrected chi connectivity index (χ2v) is 6.02. The number of carbonyl (C=O) groups excluding carboxylic acids is 1. The van der Waals surface area contributed by atoms with E-state index in [9.17, 15) is 14.4 Å². The lowest BCUT2D eigenvalue weighted by atomic mass is 10.1. The Labute approximate surface area is 142 Å². The van der Waals surface area contributed by atoms with E-state index in [1.807, 2.05) is 0 Å². The van der Waals surface area contributed by atoms with E-state index in [2.05, 4.69) is 5.32 Å². The molecular formula is C16H17NO6S. The van der Waals surface area contributed by atoms with Crippen LogP contribution in [0.15, 0.2) is 33.5 Å². The number of ether oxygens (including phenoxy) is 1. The molecule has 1 unspecified atom stereocenters. The van der Waals surface area contributed by atoms with Crippen molar-refractivity contribution in [1.82, 2.24) is 5.32 Å². The van der Waals surface area contributed by atoms with E-state index in [1.165, 1.54) is 23.9 Å². The third-order valence-electron chi connectivity index (χ3n) is 3.26. The Morgan fingerprint density at radius 3 is 2.79 bits per heavy atom. The topological polar surface area (TPSA) is 106 Å². The molecule has 1 aromatic carbocycles. The van der Waals surface area contributed by atoms with Crippen LogP contribution in [0.25, 0.3) is 11.0 Å². The van der Waals surface area contributed by atoms with E-state index in [1.54, 1.807) is 25.3 Å². The summed E-state index contributed by atoms with van der Waals surface area (Å²) in [6, 6.07) is 5.34. The summed E-state index contributed by atoms with van der Waals surface area (Å²) < 4.78 is 10.4. The molecule has 1 atom stereocenters. The fourth-order valence-electron chi connectivity index (χ4n) is 2.12. The van der Waals surface area contributed by atoms with Gasteiger partial charge in [-0.15, -0.1) is 0 Å². The lowest BCUT2D eigenvalue weighted by molar-refractivity contribution is -0.141. The molecule has 0 bridgehead atoms. The molecule has 0 fully saturated rings. The zero-order valence-electron chi connectivity index (χ0n) is 13.2. The number of aryl methyl sites for hydroxylation is 1. The van der Waals surface area contributed by atoms with Crippen molar-refractivity contribution >= 4 is 34.6 Å². The fraction of sp³-hybridized carbons (Fsp3) is 0.312. The number of fused-ring (bicyclic) bond motifs is 1. The second kappa shape index (κ2) is 7.87. The van der Waals surface area contributed by atoms with Crippen molar-refractivity contribution in [3.8, 4) is 5.75 Å². The minimum atomic E-state index is -1.10. The first kappa shape index (κ1) is 17.9. The molecular weight excluding hydrogens is 334 g/mol. The number of carboxylic acids is 1. The molecule has 0 radical (unpaired) electrons. The van der Waals surface area contributed by atoms with Gasteiger partial charge < -0.3 is 19.6 Å². The Morgan fingerprint density at radius 2 is 2.12 bits per heavy atom. The van der Waals surface area contributed by atoms with Gasteiger partial charge in [0.2, 0.25) is 0 Å². The van der Waals surface area contributed by atoms with Crippen molar-refractivity contribution in [2.75, 3.05) is 18.6 Å². The highest BCUT2D eigenvalue weighted by atomic mass is 32.2. The van der Waals surface area contributed by atoms with E-state index in [-0.39, 0.29) is 12.4 Å². The molecule has 128 valence electrons. The Kier molecular flexibility index (Phi) is 5.86. The summed E-state index contributed by atoms with van der Waals surface area (Å²) in [6.07, 6.45) is 1.75. The zero-order valence-corrected chi connectivity index (χ0v) is 14.0. The maximum atomic E-state index is 11.8. The molecule has 1 heterocycles. The van der Waals surface area contributed by atoms with E-state index < -0.39 is 23.5 Å². The SMILES string of the molecule is CSCC(NC(=O)COc1ccc2c(C)cc(=O)oc2c1)C(=O)O. The van der Waals surface area contributed by atoms with Gasteiger partial charge in [0.1, 0.15) is 17.4 Å². The molecule has 24 heavy (non-hydrogen) atoms. The normalized spacial score (nSPS) is 11.9. The smallest absolute Gasteiger partial charge is 0.336 e. The molecule has 0 aliphatic heterocycles. The molecule has 7 nitrogen and oxygen atoms in total. The number of nitrogens with one attached hydrogen (secondary N) is 1. The number of hydrogen-bond donors (Lipinski definition) is 2. The first-order chi connectivity index (χ1) is 11.4. The van der Waals surface area contributed by atoms with Crippen molar-refractivity contribution in [3.05, 3.63) is 40.2 Å². The average molecular weight is 351 g/mol. The maximum Gasteiger partial charge on any atom is 0.336 e. The van der Waals surface area contributed by atoms with Gasteiger partial charge in [-0.05, 0) is 30.9 Å². The number of thioether (sulfide) groups is 1. The Morgan fingerprint density at radius 1 is 1.38 bits per heavy atom. The number of carbonyl (C=O) groups is 2. The minimum absolute atomic E-state index is 0.265. The van der Waals surface area contributed by atoms with Gasteiger partial charge in [0, 0.05) is 23.3 Å². The first-order valence-electron chi connectivity index (χ1n) is 7.09. The monoisotopic (exact) mass is 351 g/mol. The number of rotatable bonds is 7. The van der Waals surface area contributed by atoms with Crippen LogP contribution >= 0.6 is 11.8 Å². The minimum Gasteiger partial charge on any atom is -0.484 e. The molecule has 2 rings (SSSR count). The number of hydrogen-bond acceptors (Lipinski definition) is 6. The second-order valence-electron chi connectivity index (χ2n) is 5.11. The maximum absolute atomic E-state index is 11.8. The van der Waals surface area contributed by atoms with Crippen molar-refractivity contribution < 1.29 is 23.8 Å². The summed E-state index contributed by atoms with van der Waals surface area (Å²) in [5, 5.41) is 12.2. The predicted octanol–water partition coefficient (Wildman–Crippen LogP) is 1.41. The molecule has 0 aliphatic carbocycles. The molecule has 8 heteroatoms. The number of carboxylic acid groups (broad SMARTS) is 1. The van der Waals surface area contributed by atoms with Gasteiger partial charge >= 0.3 is 11.6 Å². The largest absolute Gasteiger partial charge is 0.484 e. The summed E-state index contributed by atoms with van der Waals surface area (Å²) in [5.41, 5.74) is 0.687. The van der Waals surface area contributed by atoms with Gasteiger partial charge in [-0.2, -0.15) is 11.8 Å². The lowest BCUT2D eigenvalue weighted by Crippen LogP contribution is -2.44. The summed E-state index contributed by atoms with van der Waals surface area (Å²) in [5.74, 6) is -1.02. The third kappa shape index (κ3) is 4.51. The quantitative estimate of drug-likeness (QED) is 0.727. The molecule has 2 N–H and O–H groups in total. The fourth-order valence-corrected chi connectivity index (χ4v) is 2.68. The standard InChI is InChI=1S/C16H17NO6S/c1-9-5-15(19)23-13-6-10(3-4-11(9)13)22-7-14(18)17-12(8-24-2)16(20)21/h3-6,12H,7-8H2,1-2H3,(H,17,18)(H,20,21). The van der Waals surface area contributed by atoms with Crippen LogP contribution in [-0.4, -0.2) is 41.6 Å². The molecule has 1 amide bonds. The van der Waals surface area contributed by atoms with Crippen LogP contribution in [-0.2, 0) is 9.59 Å². The van der Waals surface area contributed by atoms with Crippen molar-refractivity contribution in [1.29, 1.82) is 0 Å². The van der Waals surface area contributed by atoms with Crippen LogP contribution < -0.4 is 15.7 Å². The van der Waals surface area contributed by atoms with Crippen LogP contribution in [0.2, 0.25) is 0 Å². The highest BCUT2D eigenvalue weighted by Gasteiger charge is 2.19. The van der Waals surface area contributed by atoms with E-state index in [4.69, 9.17) is 14.3 Å². The Hall–Kier alpha value is -2.48. The average Bonchev–Trinajstić information content (AvgIpc) is 2.51. The van der Waals surface area contributed by atoms with Crippen molar-refractivity contribution in [2.24, 2.45) is 0 Å². The third-order valence-corrected chi connectivity index (χ3v) is 3.93. The van der Waals surface area contributed by atoms with Crippen LogP contribution in [0.4, 0.5) is 0 Å². The van der Waals surface area contributed by atoms with Gasteiger partial charge in [-0.3, -0.25) is 4.79 Å². The summed E-state index contributed by atoms with van der Waals surface area (Å²) >= 11 is 1.32. The number of amides is 1. The molecule has 0 aliphatic rings. The molecule has 1 aromatic heterocycles. The summed E-state index contributed by atoms with van der Waals surface area (Å²) in [6.45, 7) is 1.46. The number of aliphatic carboxylic acids is 1. The Bertz CT molecular complexity index is 816. The van der Waals surface area contributed by atoms with Crippen molar-refractivity contribution in [3.63, 3.8) is 0 Å².